The highest BCUT2D eigenvalue weighted by Crippen LogP contribution is 2.26. The minimum Gasteiger partial charge on any atom is -0.464 e. The Labute approximate surface area is 85.5 Å². The molecule has 0 aromatic carbocycles. The molecule has 1 aromatic heterocycles. The Balaban J connectivity index is 2.69. The van der Waals surface area contributed by atoms with Crippen LogP contribution in [0, 0.1) is 0 Å². The van der Waals surface area contributed by atoms with Crippen molar-refractivity contribution in [3.63, 3.8) is 0 Å². The number of thioether (sulfide) groups is 1. The van der Waals surface area contributed by atoms with Crippen molar-refractivity contribution in [3.8, 4) is 0 Å². The standard InChI is InChI=1S/C8H11NO2S2/c1-5(2)13-8-9-6(4-12-8)7(10)11-3/h4-5H,1-3H3. The largest absolute Gasteiger partial charge is 0.464 e. The van der Waals surface area contributed by atoms with Crippen molar-refractivity contribution in [2.75, 3.05) is 7.11 Å². The Bertz CT molecular complexity index is 296. The van der Waals surface area contributed by atoms with E-state index in [0.717, 1.165) is 4.34 Å². The lowest BCUT2D eigenvalue weighted by molar-refractivity contribution is 0.0594. The molecule has 0 unspecified atom stereocenters. The van der Waals surface area contributed by atoms with Crippen LogP contribution >= 0.6 is 23.1 Å². The van der Waals surface area contributed by atoms with Gasteiger partial charge in [0.2, 0.25) is 0 Å². The van der Waals surface area contributed by atoms with Gasteiger partial charge in [-0.2, -0.15) is 0 Å². The number of hydrogen-bond acceptors (Lipinski definition) is 5. The topological polar surface area (TPSA) is 39.2 Å². The van der Waals surface area contributed by atoms with Crippen LogP contribution in [-0.2, 0) is 4.74 Å². The molecule has 0 spiro atoms. The zero-order valence-corrected chi connectivity index (χ0v) is 9.37. The van der Waals surface area contributed by atoms with E-state index in [2.05, 4.69) is 23.6 Å². The van der Waals surface area contributed by atoms with Gasteiger partial charge in [-0.15, -0.1) is 11.3 Å². The predicted octanol–water partition coefficient (Wildman–Crippen LogP) is 2.43. The molecule has 1 aromatic rings. The highest BCUT2D eigenvalue weighted by atomic mass is 32.2. The molecule has 0 N–H and O–H groups in total. The average Bonchev–Trinajstić information content (AvgIpc) is 2.50. The minimum absolute atomic E-state index is 0.369. The second kappa shape index (κ2) is 4.62. The fourth-order valence-corrected chi connectivity index (χ4v) is 2.72. The van der Waals surface area contributed by atoms with Crippen LogP contribution in [0.25, 0.3) is 0 Å². The van der Waals surface area contributed by atoms with Crippen molar-refractivity contribution in [2.45, 2.75) is 23.4 Å². The van der Waals surface area contributed by atoms with Gasteiger partial charge in [-0.3, -0.25) is 0 Å². The van der Waals surface area contributed by atoms with Crippen molar-refractivity contribution < 1.29 is 9.53 Å². The third-order valence-corrected chi connectivity index (χ3v) is 3.19. The van der Waals surface area contributed by atoms with Gasteiger partial charge in [-0.25, -0.2) is 9.78 Å². The molecule has 0 aliphatic heterocycles. The lowest BCUT2D eigenvalue weighted by Gasteiger charge is -1.98. The van der Waals surface area contributed by atoms with Gasteiger partial charge in [-0.05, 0) is 0 Å². The summed E-state index contributed by atoms with van der Waals surface area (Å²) in [5, 5.41) is 2.20. The fourth-order valence-electron chi connectivity index (χ4n) is 0.711. The van der Waals surface area contributed by atoms with Crippen LogP contribution in [0.5, 0.6) is 0 Å². The molecule has 5 heteroatoms. The number of aromatic nitrogens is 1. The van der Waals surface area contributed by atoms with Crippen molar-refractivity contribution >= 4 is 29.1 Å². The molecule has 0 saturated carbocycles. The summed E-state index contributed by atoms with van der Waals surface area (Å²) in [4.78, 5) is 15.2. The summed E-state index contributed by atoms with van der Waals surface area (Å²) in [5.74, 6) is -0.369. The van der Waals surface area contributed by atoms with Gasteiger partial charge >= 0.3 is 5.97 Å². The Morgan fingerprint density at radius 3 is 2.92 bits per heavy atom. The van der Waals surface area contributed by atoms with E-state index in [1.807, 2.05) is 0 Å². The molecule has 0 fully saturated rings. The molecule has 0 aliphatic carbocycles. The van der Waals surface area contributed by atoms with E-state index in [-0.39, 0.29) is 5.97 Å². The minimum atomic E-state index is -0.369. The SMILES string of the molecule is COC(=O)c1csc(SC(C)C)n1. The molecular weight excluding hydrogens is 206 g/mol. The van der Waals surface area contributed by atoms with E-state index in [9.17, 15) is 4.79 Å². The maximum absolute atomic E-state index is 11.0. The Morgan fingerprint density at radius 2 is 2.38 bits per heavy atom. The summed E-state index contributed by atoms with van der Waals surface area (Å²) in [6.45, 7) is 4.17. The molecule has 72 valence electrons. The van der Waals surface area contributed by atoms with Crippen molar-refractivity contribution in [3.05, 3.63) is 11.1 Å². The smallest absolute Gasteiger partial charge is 0.357 e. The van der Waals surface area contributed by atoms with Gasteiger partial charge in [0.25, 0.3) is 0 Å². The molecule has 0 amide bonds. The third-order valence-electron chi connectivity index (χ3n) is 1.21. The highest BCUT2D eigenvalue weighted by Gasteiger charge is 2.11. The first-order valence-corrected chi connectivity index (χ1v) is 5.60. The Morgan fingerprint density at radius 1 is 1.69 bits per heavy atom. The number of methoxy groups -OCH3 is 1. The van der Waals surface area contributed by atoms with E-state index < -0.39 is 0 Å². The van der Waals surface area contributed by atoms with Gasteiger partial charge in [0, 0.05) is 10.6 Å². The van der Waals surface area contributed by atoms with Crippen LogP contribution in [0.2, 0.25) is 0 Å². The van der Waals surface area contributed by atoms with Crippen molar-refractivity contribution in [2.24, 2.45) is 0 Å². The predicted molar refractivity (Wildman–Crippen MR) is 54.4 cm³/mol. The van der Waals surface area contributed by atoms with Crippen LogP contribution in [0.3, 0.4) is 0 Å². The molecule has 1 heterocycles. The number of ether oxygens (including phenoxy) is 1. The third kappa shape index (κ3) is 3.00. The number of esters is 1. The summed E-state index contributed by atoms with van der Waals surface area (Å²) in [5.41, 5.74) is 0.399. The molecule has 0 bridgehead atoms. The van der Waals surface area contributed by atoms with E-state index in [1.165, 1.54) is 18.4 Å². The van der Waals surface area contributed by atoms with Crippen molar-refractivity contribution in [1.82, 2.24) is 4.98 Å². The lowest BCUT2D eigenvalue weighted by Crippen LogP contribution is -2.01. The van der Waals surface area contributed by atoms with Crippen LogP contribution in [0.15, 0.2) is 9.72 Å². The normalized spacial score (nSPS) is 10.5. The van der Waals surface area contributed by atoms with E-state index in [0.29, 0.717) is 10.9 Å². The molecule has 1 rings (SSSR count). The van der Waals surface area contributed by atoms with Gasteiger partial charge in [0.05, 0.1) is 7.11 Å². The molecule has 3 nitrogen and oxygen atoms in total. The van der Waals surface area contributed by atoms with Gasteiger partial charge in [0.1, 0.15) is 0 Å². The molecule has 13 heavy (non-hydrogen) atoms. The summed E-state index contributed by atoms with van der Waals surface area (Å²) >= 11 is 3.12. The van der Waals surface area contributed by atoms with Gasteiger partial charge < -0.3 is 4.74 Å². The van der Waals surface area contributed by atoms with Crippen LogP contribution in [0.4, 0.5) is 0 Å². The molecular formula is C8H11NO2S2. The first-order valence-electron chi connectivity index (χ1n) is 3.84. The quantitative estimate of drug-likeness (QED) is 0.576. The van der Waals surface area contributed by atoms with Crippen LogP contribution < -0.4 is 0 Å². The maximum atomic E-state index is 11.0. The van der Waals surface area contributed by atoms with Gasteiger partial charge in [-0.1, -0.05) is 25.6 Å². The molecule has 0 aliphatic rings. The highest BCUT2D eigenvalue weighted by molar-refractivity contribution is 8.01. The number of thiazole rings is 1. The Hall–Kier alpha value is -0.550. The van der Waals surface area contributed by atoms with Gasteiger partial charge in [0.15, 0.2) is 10.0 Å². The molecule has 0 saturated heterocycles. The lowest BCUT2D eigenvalue weighted by atomic mass is 10.5. The second-order valence-corrected chi connectivity index (χ2v) is 5.34. The second-order valence-electron chi connectivity index (χ2n) is 2.66. The van der Waals surface area contributed by atoms with E-state index >= 15 is 0 Å². The number of carbonyl (C=O) groups excluding carboxylic acids is 1. The monoisotopic (exact) mass is 217 g/mol. The first-order chi connectivity index (χ1) is 6.13. The fraction of sp³-hybridized carbons (Fsp3) is 0.500. The summed E-state index contributed by atoms with van der Waals surface area (Å²) in [6, 6.07) is 0. The average molecular weight is 217 g/mol. The summed E-state index contributed by atoms with van der Waals surface area (Å²) < 4.78 is 5.46. The number of nitrogens with zero attached hydrogens (tertiary/aromatic N) is 1. The number of hydrogen-bond donors (Lipinski definition) is 0. The van der Waals surface area contributed by atoms with E-state index in [4.69, 9.17) is 0 Å². The summed E-state index contributed by atoms with van der Waals surface area (Å²) in [6.07, 6.45) is 0. The van der Waals surface area contributed by atoms with E-state index in [1.54, 1.807) is 17.1 Å². The zero-order chi connectivity index (χ0) is 9.84. The molecule has 0 radical (unpaired) electrons. The number of carbonyl (C=O) groups is 1. The summed E-state index contributed by atoms with van der Waals surface area (Å²) in [7, 11) is 1.36. The zero-order valence-electron chi connectivity index (χ0n) is 7.73. The Kier molecular flexibility index (Phi) is 3.74. The number of rotatable bonds is 3. The first kappa shape index (κ1) is 10.5. The van der Waals surface area contributed by atoms with Crippen LogP contribution in [0.1, 0.15) is 24.3 Å². The molecule has 0 atom stereocenters. The van der Waals surface area contributed by atoms with Crippen LogP contribution in [-0.4, -0.2) is 23.3 Å². The maximum Gasteiger partial charge on any atom is 0.357 e. The van der Waals surface area contributed by atoms with Crippen molar-refractivity contribution in [1.29, 1.82) is 0 Å².